The number of ether oxygens (including phenoxy) is 1. The lowest BCUT2D eigenvalue weighted by molar-refractivity contribution is 0.147. The minimum absolute atomic E-state index is 0.00620. The van der Waals surface area contributed by atoms with E-state index in [0.29, 0.717) is 19.7 Å². The molecule has 0 bridgehead atoms. The monoisotopic (exact) mass is 331 g/mol. The van der Waals surface area contributed by atoms with Gasteiger partial charge in [0.25, 0.3) is 0 Å². The Bertz CT molecular complexity index is 740. The minimum Gasteiger partial charge on any atom is -0.491 e. The molecule has 2 atom stereocenters. The molecule has 1 aliphatic rings. The van der Waals surface area contributed by atoms with Crippen LogP contribution < -0.4 is 15.8 Å². The first-order valence-corrected chi connectivity index (χ1v) is 8.37. The molecule has 0 unspecified atom stereocenters. The number of nitrogens with two attached hydrogens (primary N) is 1. The van der Waals surface area contributed by atoms with Gasteiger partial charge in [0, 0.05) is 37.0 Å². The number of carbonyl (C=O) groups is 1. The number of nitrogens with zero attached hydrogens (tertiary/aromatic N) is 3. The van der Waals surface area contributed by atoms with E-state index in [2.05, 4.69) is 10.4 Å². The van der Waals surface area contributed by atoms with Crippen LogP contribution in [0.3, 0.4) is 0 Å². The third-order valence-corrected chi connectivity index (χ3v) is 4.39. The average Bonchev–Trinajstić information content (AvgIpc) is 2.96. The van der Waals surface area contributed by atoms with Crippen molar-refractivity contribution in [1.82, 2.24) is 20.0 Å². The molecule has 0 saturated carbocycles. The molecule has 1 aromatic carbocycles. The Kier molecular flexibility index (Phi) is 4.62. The van der Waals surface area contributed by atoms with Gasteiger partial charge in [0.1, 0.15) is 12.4 Å². The highest BCUT2D eigenvalue weighted by Gasteiger charge is 2.28. The van der Waals surface area contributed by atoms with Crippen LogP contribution in [-0.4, -0.2) is 53.0 Å². The fraction of sp³-hybridized carbons (Fsp3) is 0.529. The Balaban J connectivity index is 1.94. The Morgan fingerprint density at radius 2 is 2.38 bits per heavy atom. The van der Waals surface area contributed by atoms with Crippen molar-refractivity contribution in [3.05, 3.63) is 23.9 Å². The topological polar surface area (TPSA) is 85.4 Å². The Hall–Kier alpha value is -2.28. The van der Waals surface area contributed by atoms with Gasteiger partial charge in [0.2, 0.25) is 0 Å². The third-order valence-electron chi connectivity index (χ3n) is 4.39. The van der Waals surface area contributed by atoms with Crippen molar-refractivity contribution in [1.29, 1.82) is 0 Å². The van der Waals surface area contributed by atoms with Crippen molar-refractivity contribution in [2.75, 3.05) is 20.2 Å². The number of nitrogens with one attached hydrogen (secondary N) is 1. The minimum atomic E-state index is -0.0780. The van der Waals surface area contributed by atoms with E-state index in [9.17, 15) is 4.79 Å². The van der Waals surface area contributed by atoms with E-state index in [1.165, 1.54) is 0 Å². The van der Waals surface area contributed by atoms with Gasteiger partial charge in [-0.15, -0.1) is 0 Å². The fourth-order valence-electron chi connectivity index (χ4n) is 3.15. The standard InChI is InChI=1S/C17H25N5O2/c1-4-19-17(23)21(3)13-7-14-15(24-10-13)6-5-12-8-20-22(16(12)14)9-11(2)18/h5-6,8,11,13H,4,7,9-10,18H2,1-3H3,(H,19,23)/t11-,13+/m1/s1. The van der Waals surface area contributed by atoms with Crippen molar-refractivity contribution in [3.8, 4) is 5.75 Å². The Morgan fingerprint density at radius 1 is 1.58 bits per heavy atom. The molecule has 2 heterocycles. The third kappa shape index (κ3) is 3.03. The van der Waals surface area contributed by atoms with Crippen molar-refractivity contribution in [2.45, 2.75) is 38.9 Å². The second kappa shape index (κ2) is 6.68. The van der Waals surface area contributed by atoms with Crippen molar-refractivity contribution in [3.63, 3.8) is 0 Å². The summed E-state index contributed by atoms with van der Waals surface area (Å²) in [6.45, 7) is 5.63. The second-order valence-corrected chi connectivity index (χ2v) is 6.40. The number of hydrogen-bond donors (Lipinski definition) is 2. The molecule has 7 heteroatoms. The zero-order chi connectivity index (χ0) is 17.3. The van der Waals surface area contributed by atoms with E-state index in [0.717, 1.165) is 28.6 Å². The lowest BCUT2D eigenvalue weighted by atomic mass is 9.99. The number of fused-ring (bicyclic) bond motifs is 3. The highest BCUT2D eigenvalue weighted by Crippen LogP contribution is 2.33. The van der Waals surface area contributed by atoms with Crippen molar-refractivity contribution >= 4 is 16.9 Å². The largest absolute Gasteiger partial charge is 0.491 e. The van der Waals surface area contributed by atoms with Crippen LogP contribution in [0.1, 0.15) is 19.4 Å². The van der Waals surface area contributed by atoms with Gasteiger partial charge >= 0.3 is 6.03 Å². The molecule has 1 aliphatic heterocycles. The summed E-state index contributed by atoms with van der Waals surface area (Å²) in [5.41, 5.74) is 8.10. The highest BCUT2D eigenvalue weighted by atomic mass is 16.5. The van der Waals surface area contributed by atoms with Gasteiger partial charge < -0.3 is 20.7 Å². The fourth-order valence-corrected chi connectivity index (χ4v) is 3.15. The van der Waals surface area contributed by atoms with Crippen molar-refractivity contribution in [2.24, 2.45) is 5.73 Å². The lowest BCUT2D eigenvalue weighted by Gasteiger charge is -2.33. The summed E-state index contributed by atoms with van der Waals surface area (Å²) in [4.78, 5) is 13.8. The summed E-state index contributed by atoms with van der Waals surface area (Å²) in [7, 11) is 1.81. The van der Waals surface area contributed by atoms with Crippen LogP contribution in [0, 0.1) is 0 Å². The van der Waals surface area contributed by atoms with E-state index in [-0.39, 0.29) is 18.1 Å². The van der Waals surface area contributed by atoms with Gasteiger partial charge in [0.15, 0.2) is 0 Å². The maximum Gasteiger partial charge on any atom is 0.317 e. The summed E-state index contributed by atoms with van der Waals surface area (Å²) in [6.07, 6.45) is 2.60. The van der Waals surface area contributed by atoms with Gasteiger partial charge in [-0.2, -0.15) is 5.10 Å². The second-order valence-electron chi connectivity index (χ2n) is 6.40. The molecule has 7 nitrogen and oxygen atoms in total. The number of carbonyl (C=O) groups excluding carboxylic acids is 1. The average molecular weight is 331 g/mol. The first-order chi connectivity index (χ1) is 11.5. The van der Waals surface area contributed by atoms with Crippen molar-refractivity contribution < 1.29 is 9.53 Å². The van der Waals surface area contributed by atoms with Crippen LogP contribution in [0.4, 0.5) is 4.79 Å². The maximum absolute atomic E-state index is 12.1. The lowest BCUT2D eigenvalue weighted by Crippen LogP contribution is -2.48. The molecular weight excluding hydrogens is 306 g/mol. The number of hydrogen-bond acceptors (Lipinski definition) is 4. The van der Waals surface area contributed by atoms with Gasteiger partial charge in [-0.3, -0.25) is 4.68 Å². The number of aromatic nitrogens is 2. The number of urea groups is 1. The Labute approximate surface area is 141 Å². The molecule has 3 N–H and O–H groups in total. The number of amides is 2. The van der Waals surface area contributed by atoms with Crippen LogP contribution in [0.15, 0.2) is 18.3 Å². The summed E-state index contributed by atoms with van der Waals surface area (Å²) in [5, 5.41) is 8.37. The molecule has 130 valence electrons. The maximum atomic E-state index is 12.1. The molecule has 24 heavy (non-hydrogen) atoms. The number of benzene rings is 1. The van der Waals surface area contributed by atoms with Crippen LogP contribution in [0.25, 0.3) is 10.9 Å². The normalized spacial score (nSPS) is 17.9. The molecule has 3 rings (SSSR count). The first kappa shape index (κ1) is 16.6. The SMILES string of the molecule is CCNC(=O)N(C)[C@@H]1COc2ccc3cnn(C[C@@H](C)N)c3c2C1. The van der Waals surface area contributed by atoms with Crippen LogP contribution in [0.5, 0.6) is 5.75 Å². The molecule has 0 spiro atoms. The Morgan fingerprint density at radius 3 is 3.08 bits per heavy atom. The molecule has 0 fully saturated rings. The summed E-state index contributed by atoms with van der Waals surface area (Å²) < 4.78 is 7.87. The van der Waals surface area contributed by atoms with Crippen LogP contribution in [-0.2, 0) is 13.0 Å². The first-order valence-electron chi connectivity index (χ1n) is 8.37. The van der Waals surface area contributed by atoms with Gasteiger partial charge in [0.05, 0.1) is 24.3 Å². The van der Waals surface area contributed by atoms with E-state index in [1.54, 1.807) is 4.90 Å². The van der Waals surface area contributed by atoms with Gasteiger partial charge in [-0.05, 0) is 26.0 Å². The molecule has 1 aromatic heterocycles. The predicted octanol–water partition coefficient (Wildman–Crippen LogP) is 1.35. The number of likely N-dealkylation sites (N-methyl/N-ethyl adjacent to an activating group) is 1. The van der Waals surface area contributed by atoms with Crippen LogP contribution >= 0.6 is 0 Å². The van der Waals surface area contributed by atoms with Gasteiger partial charge in [-0.25, -0.2) is 4.79 Å². The molecule has 0 aliphatic carbocycles. The van der Waals surface area contributed by atoms with Crippen LogP contribution in [0.2, 0.25) is 0 Å². The quantitative estimate of drug-likeness (QED) is 0.885. The zero-order valence-electron chi connectivity index (χ0n) is 14.5. The number of rotatable bonds is 4. The van der Waals surface area contributed by atoms with E-state index in [4.69, 9.17) is 10.5 Å². The molecule has 2 aromatic rings. The van der Waals surface area contributed by atoms with E-state index in [1.807, 2.05) is 43.9 Å². The molecule has 0 radical (unpaired) electrons. The van der Waals surface area contributed by atoms with Gasteiger partial charge in [-0.1, -0.05) is 0 Å². The summed E-state index contributed by atoms with van der Waals surface area (Å²) in [5.74, 6) is 0.870. The highest BCUT2D eigenvalue weighted by molar-refractivity contribution is 5.85. The predicted molar refractivity (Wildman–Crippen MR) is 93.2 cm³/mol. The summed E-state index contributed by atoms with van der Waals surface area (Å²) >= 11 is 0. The molecule has 0 saturated heterocycles. The molecule has 2 amide bonds. The zero-order valence-corrected chi connectivity index (χ0v) is 14.5. The molecular formula is C17H25N5O2. The van der Waals surface area contributed by atoms with E-state index < -0.39 is 0 Å². The smallest absolute Gasteiger partial charge is 0.317 e. The van der Waals surface area contributed by atoms with E-state index >= 15 is 0 Å². The summed E-state index contributed by atoms with van der Waals surface area (Å²) in [6, 6.07) is 3.94.